The lowest BCUT2D eigenvalue weighted by molar-refractivity contribution is 0.0265. The Bertz CT molecular complexity index is 858. The third kappa shape index (κ3) is 3.95. The highest BCUT2D eigenvalue weighted by Crippen LogP contribution is 2.53. The Labute approximate surface area is 163 Å². The molecule has 1 saturated carbocycles. The summed E-state index contributed by atoms with van der Waals surface area (Å²) in [7, 11) is 0. The number of likely N-dealkylation sites (tertiary alicyclic amines) is 1. The lowest BCUT2D eigenvalue weighted by atomic mass is 10.1. The van der Waals surface area contributed by atoms with Crippen LogP contribution in [-0.4, -0.2) is 42.1 Å². The van der Waals surface area contributed by atoms with Gasteiger partial charge >= 0.3 is 6.09 Å². The van der Waals surface area contributed by atoms with Gasteiger partial charge in [0.15, 0.2) is 0 Å². The Morgan fingerprint density at radius 1 is 1.22 bits per heavy atom. The number of hydrogen-bond acceptors (Lipinski definition) is 4. The molecule has 1 aromatic carbocycles. The molecular weight excluding hydrogens is 360 g/mol. The molecule has 27 heavy (non-hydrogen) atoms. The number of nitrogens with zero attached hydrogens (tertiary/aromatic N) is 1. The number of piperidine rings is 1. The fraction of sp³-hybridized carbons (Fsp3) is 0.524. The van der Waals surface area contributed by atoms with Gasteiger partial charge in [-0.15, -0.1) is 11.3 Å². The first kappa shape index (κ1) is 18.3. The van der Waals surface area contributed by atoms with E-state index in [0.29, 0.717) is 29.9 Å². The molecule has 2 aliphatic rings. The maximum atomic E-state index is 12.4. The van der Waals surface area contributed by atoms with Crippen LogP contribution < -0.4 is 5.32 Å². The fourth-order valence-electron chi connectivity index (χ4n) is 4.12. The lowest BCUT2D eigenvalue weighted by Gasteiger charge is -2.25. The summed E-state index contributed by atoms with van der Waals surface area (Å²) < 4.78 is 6.64. The number of thiophene rings is 1. The summed E-state index contributed by atoms with van der Waals surface area (Å²) in [6, 6.07) is 7.88. The molecule has 1 aliphatic heterocycles. The third-order valence-corrected chi connectivity index (χ3v) is 6.40. The standard InChI is InChI=1S/C21H26N2O3S/c1-21(2,3)26-20(25)23-11-16-15(17(16)12-23)6-8-22-19(24)14-4-5-18-13(10-14)7-9-27-18/h4-5,7,9-10,15-17H,6,8,11-12H2,1-3H3,(H,22,24). The highest BCUT2D eigenvalue weighted by molar-refractivity contribution is 7.17. The van der Waals surface area contributed by atoms with E-state index in [1.165, 1.54) is 4.70 Å². The smallest absolute Gasteiger partial charge is 0.410 e. The highest BCUT2D eigenvalue weighted by Gasteiger charge is 2.56. The first-order valence-electron chi connectivity index (χ1n) is 9.55. The average molecular weight is 387 g/mol. The van der Waals surface area contributed by atoms with E-state index >= 15 is 0 Å². The fourth-order valence-corrected chi connectivity index (χ4v) is 4.89. The molecule has 2 atom stereocenters. The number of amides is 2. The van der Waals surface area contributed by atoms with Gasteiger partial charge in [0.2, 0.25) is 0 Å². The van der Waals surface area contributed by atoms with Crippen molar-refractivity contribution in [3.05, 3.63) is 35.2 Å². The maximum Gasteiger partial charge on any atom is 0.410 e. The van der Waals surface area contributed by atoms with Crippen LogP contribution in [-0.2, 0) is 4.74 Å². The number of carbonyl (C=O) groups excluding carboxylic acids is 2. The minimum Gasteiger partial charge on any atom is -0.444 e. The van der Waals surface area contributed by atoms with Gasteiger partial charge < -0.3 is 15.0 Å². The van der Waals surface area contributed by atoms with E-state index in [9.17, 15) is 9.59 Å². The number of ether oxygens (including phenoxy) is 1. The SMILES string of the molecule is CC(C)(C)OC(=O)N1CC2C(CCNC(=O)c3ccc4sccc4c3)C2C1. The number of rotatable bonds is 4. The quantitative estimate of drug-likeness (QED) is 0.859. The number of benzene rings is 1. The van der Waals surface area contributed by atoms with E-state index in [2.05, 4.69) is 5.32 Å². The summed E-state index contributed by atoms with van der Waals surface area (Å²) in [6.07, 6.45) is 0.773. The zero-order valence-electron chi connectivity index (χ0n) is 16.0. The largest absolute Gasteiger partial charge is 0.444 e. The predicted octanol–water partition coefficient (Wildman–Crippen LogP) is 4.13. The average Bonchev–Trinajstić information content (AvgIpc) is 2.99. The Morgan fingerprint density at radius 3 is 2.67 bits per heavy atom. The molecule has 1 N–H and O–H groups in total. The molecule has 5 nitrogen and oxygen atoms in total. The predicted molar refractivity (Wildman–Crippen MR) is 107 cm³/mol. The molecule has 2 aromatic rings. The van der Waals surface area contributed by atoms with Crippen LogP contribution in [0.2, 0.25) is 0 Å². The molecule has 6 heteroatoms. The first-order chi connectivity index (χ1) is 12.8. The van der Waals surface area contributed by atoms with Crippen molar-refractivity contribution in [1.82, 2.24) is 10.2 Å². The second kappa shape index (κ2) is 6.82. The van der Waals surface area contributed by atoms with Gasteiger partial charge in [0.05, 0.1) is 0 Å². The number of fused-ring (bicyclic) bond motifs is 2. The summed E-state index contributed by atoms with van der Waals surface area (Å²) in [5, 5.41) is 6.20. The summed E-state index contributed by atoms with van der Waals surface area (Å²) in [5.74, 6) is 1.74. The van der Waals surface area contributed by atoms with E-state index in [1.807, 2.05) is 55.3 Å². The molecule has 1 saturated heterocycles. The molecule has 2 heterocycles. The van der Waals surface area contributed by atoms with E-state index in [0.717, 1.165) is 24.9 Å². The van der Waals surface area contributed by atoms with E-state index < -0.39 is 5.60 Å². The van der Waals surface area contributed by atoms with Gasteiger partial charge in [0.1, 0.15) is 5.60 Å². The van der Waals surface area contributed by atoms with Crippen molar-refractivity contribution >= 4 is 33.4 Å². The monoisotopic (exact) mass is 386 g/mol. The zero-order chi connectivity index (χ0) is 19.2. The highest BCUT2D eigenvalue weighted by atomic mass is 32.1. The molecule has 2 amide bonds. The van der Waals surface area contributed by atoms with Crippen LogP contribution in [0, 0.1) is 17.8 Å². The van der Waals surface area contributed by atoms with Crippen LogP contribution in [0.3, 0.4) is 0 Å². The third-order valence-electron chi connectivity index (χ3n) is 5.50. The lowest BCUT2D eigenvalue weighted by Crippen LogP contribution is -2.37. The molecule has 1 aliphatic carbocycles. The normalized spacial score (nSPS) is 24.0. The van der Waals surface area contributed by atoms with Gasteiger partial charge in [-0.25, -0.2) is 4.79 Å². The van der Waals surface area contributed by atoms with Gasteiger partial charge in [-0.05, 0) is 80.0 Å². The Balaban J connectivity index is 1.21. The second-order valence-electron chi connectivity index (χ2n) is 8.59. The van der Waals surface area contributed by atoms with E-state index in [1.54, 1.807) is 11.3 Å². The summed E-state index contributed by atoms with van der Waals surface area (Å²) in [4.78, 5) is 26.3. The minimum atomic E-state index is -0.445. The number of carbonyl (C=O) groups is 2. The Hall–Kier alpha value is -2.08. The second-order valence-corrected chi connectivity index (χ2v) is 9.54. The molecule has 0 bridgehead atoms. The van der Waals surface area contributed by atoms with E-state index in [-0.39, 0.29) is 12.0 Å². The number of nitrogens with one attached hydrogen (secondary N) is 1. The maximum absolute atomic E-state index is 12.4. The Kier molecular flexibility index (Phi) is 4.62. The molecule has 2 unspecified atom stereocenters. The van der Waals surface area contributed by atoms with Crippen LogP contribution in [0.4, 0.5) is 4.79 Å². The van der Waals surface area contributed by atoms with Crippen LogP contribution in [0.1, 0.15) is 37.6 Å². The zero-order valence-corrected chi connectivity index (χ0v) is 16.8. The topological polar surface area (TPSA) is 58.6 Å². The van der Waals surface area contributed by atoms with Crippen molar-refractivity contribution in [2.24, 2.45) is 17.8 Å². The van der Waals surface area contributed by atoms with Crippen LogP contribution in [0.25, 0.3) is 10.1 Å². The Morgan fingerprint density at radius 2 is 1.96 bits per heavy atom. The van der Waals surface area contributed by atoms with Gasteiger partial charge in [0.25, 0.3) is 5.91 Å². The molecule has 2 fully saturated rings. The first-order valence-corrected chi connectivity index (χ1v) is 10.4. The minimum absolute atomic E-state index is 0.00992. The van der Waals surface area contributed by atoms with Gasteiger partial charge in [-0.3, -0.25) is 4.79 Å². The summed E-state index contributed by atoms with van der Waals surface area (Å²) >= 11 is 1.68. The molecule has 1 aromatic heterocycles. The van der Waals surface area contributed by atoms with Crippen molar-refractivity contribution in [3.8, 4) is 0 Å². The van der Waals surface area contributed by atoms with Crippen molar-refractivity contribution in [1.29, 1.82) is 0 Å². The summed E-state index contributed by atoms with van der Waals surface area (Å²) in [6.45, 7) is 7.93. The van der Waals surface area contributed by atoms with Crippen LogP contribution in [0.15, 0.2) is 29.6 Å². The van der Waals surface area contributed by atoms with E-state index in [4.69, 9.17) is 4.74 Å². The molecule has 0 spiro atoms. The molecule has 4 rings (SSSR count). The van der Waals surface area contributed by atoms with Crippen LogP contribution in [0.5, 0.6) is 0 Å². The van der Waals surface area contributed by atoms with Crippen molar-refractivity contribution in [3.63, 3.8) is 0 Å². The van der Waals surface area contributed by atoms with Crippen molar-refractivity contribution < 1.29 is 14.3 Å². The van der Waals surface area contributed by atoms with Crippen molar-refractivity contribution in [2.45, 2.75) is 32.8 Å². The summed E-state index contributed by atoms with van der Waals surface area (Å²) in [5.41, 5.74) is 0.271. The molecular formula is C21H26N2O3S. The van der Waals surface area contributed by atoms with Gasteiger partial charge in [0, 0.05) is 29.9 Å². The van der Waals surface area contributed by atoms with Crippen molar-refractivity contribution in [2.75, 3.05) is 19.6 Å². The van der Waals surface area contributed by atoms with Crippen LogP contribution >= 0.6 is 11.3 Å². The molecule has 0 radical (unpaired) electrons. The molecule has 144 valence electrons. The number of hydrogen-bond donors (Lipinski definition) is 1. The van der Waals surface area contributed by atoms with Gasteiger partial charge in [-0.1, -0.05) is 0 Å². The van der Waals surface area contributed by atoms with Gasteiger partial charge in [-0.2, -0.15) is 0 Å².